The van der Waals surface area contributed by atoms with E-state index in [2.05, 4.69) is 13.8 Å². The molecular weight excluding hydrogens is 484 g/mol. The Morgan fingerprint density at radius 2 is 0.821 bits per heavy atom. The minimum Gasteiger partial charge on any atom is -0.463 e. The molecule has 0 aliphatic carbocycles. The number of esters is 1. The van der Waals surface area contributed by atoms with E-state index < -0.39 is 6.10 Å². The van der Waals surface area contributed by atoms with Crippen LogP contribution in [0.2, 0.25) is 0 Å². The first kappa shape index (κ1) is 38.4. The zero-order valence-electron chi connectivity index (χ0n) is 26.7. The monoisotopic (exact) mass is 555 g/mol. The fraction of sp³-hybridized carbons (Fsp3) is 0.971. The second kappa shape index (κ2) is 33.6. The van der Waals surface area contributed by atoms with Gasteiger partial charge in [0.05, 0.1) is 6.61 Å². The molecule has 4 heteroatoms. The van der Waals surface area contributed by atoms with Crippen molar-refractivity contribution in [3.05, 3.63) is 0 Å². The van der Waals surface area contributed by atoms with Gasteiger partial charge in [0.2, 0.25) is 0 Å². The van der Waals surface area contributed by atoms with Crippen molar-refractivity contribution in [2.45, 2.75) is 200 Å². The first-order valence-corrected chi connectivity index (χ1v) is 17.6. The molecule has 1 atom stereocenters. The highest BCUT2D eigenvalue weighted by Gasteiger charge is 2.09. The van der Waals surface area contributed by atoms with E-state index in [0.29, 0.717) is 13.0 Å². The van der Waals surface area contributed by atoms with Crippen LogP contribution < -0.4 is 0 Å². The average molecular weight is 555 g/mol. The lowest BCUT2D eigenvalue weighted by molar-refractivity contribution is -0.147. The Morgan fingerprint density at radius 1 is 0.487 bits per heavy atom. The summed E-state index contributed by atoms with van der Waals surface area (Å²) in [5.74, 6) is -0.191. The van der Waals surface area contributed by atoms with E-state index in [0.717, 1.165) is 19.3 Å². The van der Waals surface area contributed by atoms with E-state index in [1.807, 2.05) is 0 Å². The molecule has 0 rings (SSSR count). The minimum absolute atomic E-state index is 0.0516. The largest absolute Gasteiger partial charge is 0.463 e. The summed E-state index contributed by atoms with van der Waals surface area (Å²) in [5, 5.41) is 10.00. The summed E-state index contributed by atoms with van der Waals surface area (Å²) in [6.45, 7) is 5.54. The first-order chi connectivity index (χ1) is 19.2. The molecule has 0 saturated carbocycles. The van der Waals surface area contributed by atoms with E-state index in [1.54, 1.807) is 0 Å². The molecule has 39 heavy (non-hydrogen) atoms. The highest BCUT2D eigenvalue weighted by Crippen LogP contribution is 2.14. The maximum atomic E-state index is 11.9. The third-order valence-electron chi connectivity index (χ3n) is 7.87. The third kappa shape index (κ3) is 33.5. The predicted octanol–water partition coefficient (Wildman–Crippen LogP) is 10.9. The maximum Gasteiger partial charge on any atom is 0.305 e. The molecule has 0 spiro atoms. The molecule has 0 saturated heterocycles. The van der Waals surface area contributed by atoms with Crippen LogP contribution in [0.1, 0.15) is 194 Å². The number of carbonyl (C=O) groups excluding carboxylic acids is 1. The van der Waals surface area contributed by atoms with E-state index in [1.165, 1.54) is 154 Å². The molecule has 0 aromatic rings. The zero-order chi connectivity index (χ0) is 28.5. The first-order valence-electron chi connectivity index (χ1n) is 17.6. The van der Waals surface area contributed by atoms with Crippen LogP contribution in [0, 0.1) is 0 Å². The van der Waals surface area contributed by atoms with Gasteiger partial charge in [-0.05, 0) is 12.8 Å². The van der Waals surface area contributed by atoms with Crippen LogP contribution in [0.4, 0.5) is 0 Å². The number of unbranched alkanes of at least 4 members (excludes halogenated alkanes) is 25. The standard InChI is InChI=1S/C35H70O4/c1-3-5-7-9-11-13-15-17-19-21-23-25-27-29-31-38-32-34(36)33-39-35(37)30-28-26-24-22-20-18-16-14-12-10-8-6-4-2/h34,36H,3-33H2,1-2H3/t34-/m0/s1. The van der Waals surface area contributed by atoms with Crippen LogP contribution >= 0.6 is 0 Å². The van der Waals surface area contributed by atoms with Crippen molar-refractivity contribution in [2.75, 3.05) is 19.8 Å². The van der Waals surface area contributed by atoms with Gasteiger partial charge in [-0.3, -0.25) is 4.79 Å². The number of carbonyl (C=O) groups is 1. The van der Waals surface area contributed by atoms with Crippen molar-refractivity contribution in [2.24, 2.45) is 0 Å². The second-order valence-corrected chi connectivity index (χ2v) is 12.0. The average Bonchev–Trinajstić information content (AvgIpc) is 2.94. The Hall–Kier alpha value is -0.610. The molecule has 0 aromatic heterocycles. The molecule has 0 bridgehead atoms. The number of aliphatic hydroxyl groups excluding tert-OH is 1. The normalized spacial score (nSPS) is 12.2. The van der Waals surface area contributed by atoms with Crippen molar-refractivity contribution in [3.63, 3.8) is 0 Å². The van der Waals surface area contributed by atoms with Gasteiger partial charge in [-0.25, -0.2) is 0 Å². The fourth-order valence-electron chi connectivity index (χ4n) is 5.21. The van der Waals surface area contributed by atoms with Crippen LogP contribution in [0.15, 0.2) is 0 Å². The van der Waals surface area contributed by atoms with Crippen LogP contribution in [0.5, 0.6) is 0 Å². The molecule has 1 N–H and O–H groups in total. The summed E-state index contributed by atoms with van der Waals surface area (Å²) >= 11 is 0. The minimum atomic E-state index is -0.716. The molecule has 0 aliphatic heterocycles. The van der Waals surface area contributed by atoms with Gasteiger partial charge in [0.1, 0.15) is 12.7 Å². The summed E-state index contributed by atoms with van der Waals surface area (Å²) < 4.78 is 10.8. The smallest absolute Gasteiger partial charge is 0.305 e. The Bertz CT molecular complexity index is 468. The molecule has 0 aromatic carbocycles. The molecule has 0 amide bonds. The Kier molecular flexibility index (Phi) is 33.1. The Balaban J connectivity index is 3.26. The van der Waals surface area contributed by atoms with Crippen molar-refractivity contribution < 1.29 is 19.4 Å². The third-order valence-corrected chi connectivity index (χ3v) is 7.87. The fourth-order valence-corrected chi connectivity index (χ4v) is 5.21. The highest BCUT2D eigenvalue weighted by molar-refractivity contribution is 5.69. The lowest BCUT2D eigenvalue weighted by Gasteiger charge is -2.12. The molecule has 234 valence electrons. The molecular formula is C35H70O4. The SMILES string of the molecule is CCCCCCCCCCCCCCCCOC[C@H](O)COC(=O)CCCCCCCCCCCCCCC. The Morgan fingerprint density at radius 3 is 1.21 bits per heavy atom. The summed E-state index contributed by atoms with van der Waals surface area (Å²) in [6.07, 6.45) is 35.5. The predicted molar refractivity (Wildman–Crippen MR) is 168 cm³/mol. The summed E-state index contributed by atoms with van der Waals surface area (Å²) in [5.41, 5.74) is 0. The van der Waals surface area contributed by atoms with Crippen molar-refractivity contribution in [3.8, 4) is 0 Å². The Labute approximate surface area is 244 Å². The molecule has 0 unspecified atom stereocenters. The quantitative estimate of drug-likeness (QED) is 0.0647. The molecule has 0 fully saturated rings. The summed E-state index contributed by atoms with van der Waals surface area (Å²) in [7, 11) is 0. The number of ether oxygens (including phenoxy) is 2. The zero-order valence-corrected chi connectivity index (χ0v) is 26.7. The van der Waals surface area contributed by atoms with Crippen molar-refractivity contribution in [1.82, 2.24) is 0 Å². The lowest BCUT2D eigenvalue weighted by Crippen LogP contribution is -2.24. The van der Waals surface area contributed by atoms with E-state index in [4.69, 9.17) is 9.47 Å². The van der Waals surface area contributed by atoms with E-state index in [-0.39, 0.29) is 19.2 Å². The maximum absolute atomic E-state index is 11.9. The van der Waals surface area contributed by atoms with Gasteiger partial charge in [-0.2, -0.15) is 0 Å². The van der Waals surface area contributed by atoms with Crippen molar-refractivity contribution >= 4 is 5.97 Å². The van der Waals surface area contributed by atoms with Gasteiger partial charge < -0.3 is 14.6 Å². The van der Waals surface area contributed by atoms with E-state index in [9.17, 15) is 9.90 Å². The van der Waals surface area contributed by atoms with Gasteiger partial charge in [0.25, 0.3) is 0 Å². The van der Waals surface area contributed by atoms with Crippen LogP contribution in [-0.2, 0) is 14.3 Å². The molecule has 0 radical (unpaired) electrons. The second-order valence-electron chi connectivity index (χ2n) is 12.0. The van der Waals surface area contributed by atoms with E-state index >= 15 is 0 Å². The molecule has 0 heterocycles. The summed E-state index contributed by atoms with van der Waals surface area (Å²) in [6, 6.07) is 0. The van der Waals surface area contributed by atoms with Gasteiger partial charge in [0.15, 0.2) is 0 Å². The van der Waals surface area contributed by atoms with Gasteiger partial charge in [-0.15, -0.1) is 0 Å². The van der Waals surface area contributed by atoms with Crippen molar-refractivity contribution in [1.29, 1.82) is 0 Å². The topological polar surface area (TPSA) is 55.8 Å². The lowest BCUT2D eigenvalue weighted by atomic mass is 10.0. The highest BCUT2D eigenvalue weighted by atomic mass is 16.5. The molecule has 0 aliphatic rings. The van der Waals surface area contributed by atoms with Gasteiger partial charge >= 0.3 is 5.97 Å². The number of hydrogen-bond donors (Lipinski definition) is 1. The number of aliphatic hydroxyl groups is 1. The van der Waals surface area contributed by atoms with Crippen LogP contribution in [0.3, 0.4) is 0 Å². The van der Waals surface area contributed by atoms with Crippen LogP contribution in [-0.4, -0.2) is 37.0 Å². The van der Waals surface area contributed by atoms with Crippen LogP contribution in [0.25, 0.3) is 0 Å². The number of rotatable bonds is 33. The van der Waals surface area contributed by atoms with Gasteiger partial charge in [0, 0.05) is 13.0 Å². The van der Waals surface area contributed by atoms with Gasteiger partial charge in [-0.1, -0.05) is 174 Å². The summed E-state index contributed by atoms with van der Waals surface area (Å²) in [4.78, 5) is 11.9. The number of hydrogen-bond acceptors (Lipinski definition) is 4. The molecule has 4 nitrogen and oxygen atoms in total.